The summed E-state index contributed by atoms with van der Waals surface area (Å²) in [5.74, 6) is -0.554. The van der Waals surface area contributed by atoms with E-state index in [1.165, 1.54) is 40.6 Å². The second-order valence-electron chi connectivity index (χ2n) is 5.97. The molecule has 0 fully saturated rings. The van der Waals surface area contributed by atoms with Crippen molar-refractivity contribution in [2.24, 2.45) is 0 Å². The Balaban J connectivity index is 2.13. The van der Waals surface area contributed by atoms with Gasteiger partial charge in [0.1, 0.15) is 22.6 Å². The highest BCUT2D eigenvalue weighted by Crippen LogP contribution is 2.23. The molecule has 0 aliphatic rings. The number of ether oxygens (including phenoxy) is 4. The van der Waals surface area contributed by atoms with Gasteiger partial charge in [-0.15, -0.1) is 0 Å². The van der Waals surface area contributed by atoms with Crippen molar-refractivity contribution in [1.29, 1.82) is 0 Å². The maximum atomic E-state index is 12.2. The molecule has 7 heteroatoms. The molecule has 156 valence electrons. The van der Waals surface area contributed by atoms with Gasteiger partial charge in [-0.25, -0.2) is 9.59 Å². The van der Waals surface area contributed by atoms with E-state index in [0.29, 0.717) is 33.8 Å². The molecule has 0 heterocycles. The fourth-order valence-corrected chi connectivity index (χ4v) is 2.59. The SMILES string of the molecule is COC(=O)c1ccc(/C=C/C(=O)/C=C/c2ccc(C(=O)OC)c(OC)c2)cc1OC. The standard InChI is InChI=1S/C23H22O7/c1-27-20-13-15(7-11-18(20)22(25)29-3)5-9-17(24)10-6-16-8-12-19(23(26)30-4)21(14-16)28-2/h5-14H,1-4H3/b9-5+,10-6+. The lowest BCUT2D eigenvalue weighted by Gasteiger charge is -2.07. The predicted octanol–water partition coefficient (Wildman–Crippen LogP) is 3.57. The molecule has 0 aliphatic heterocycles. The number of rotatable bonds is 8. The molecule has 0 N–H and O–H groups in total. The predicted molar refractivity (Wildman–Crippen MR) is 112 cm³/mol. The zero-order valence-electron chi connectivity index (χ0n) is 17.1. The minimum Gasteiger partial charge on any atom is -0.496 e. The minimum atomic E-state index is -0.505. The molecular formula is C23H22O7. The Labute approximate surface area is 174 Å². The molecule has 2 aromatic carbocycles. The summed E-state index contributed by atoms with van der Waals surface area (Å²) >= 11 is 0. The molecule has 0 aromatic heterocycles. The van der Waals surface area contributed by atoms with Gasteiger partial charge in [0.25, 0.3) is 0 Å². The normalized spacial score (nSPS) is 10.8. The van der Waals surface area contributed by atoms with Gasteiger partial charge in [-0.2, -0.15) is 0 Å². The molecule has 0 radical (unpaired) electrons. The average Bonchev–Trinajstić information content (AvgIpc) is 2.79. The van der Waals surface area contributed by atoms with Gasteiger partial charge in [0.15, 0.2) is 5.78 Å². The highest BCUT2D eigenvalue weighted by Gasteiger charge is 2.13. The molecule has 2 rings (SSSR count). The van der Waals surface area contributed by atoms with E-state index in [2.05, 4.69) is 0 Å². The van der Waals surface area contributed by atoms with Gasteiger partial charge < -0.3 is 18.9 Å². The highest BCUT2D eigenvalue weighted by molar-refractivity contribution is 6.04. The number of methoxy groups -OCH3 is 4. The largest absolute Gasteiger partial charge is 0.496 e. The molecule has 30 heavy (non-hydrogen) atoms. The van der Waals surface area contributed by atoms with Crippen LogP contribution in [0.2, 0.25) is 0 Å². The van der Waals surface area contributed by atoms with Crippen molar-refractivity contribution in [3.05, 3.63) is 70.8 Å². The van der Waals surface area contributed by atoms with Gasteiger partial charge in [-0.05, 0) is 47.5 Å². The summed E-state index contributed by atoms with van der Waals surface area (Å²) in [4.78, 5) is 35.5. The first-order chi connectivity index (χ1) is 14.4. The summed E-state index contributed by atoms with van der Waals surface area (Å²) in [6.07, 6.45) is 6.00. The van der Waals surface area contributed by atoms with E-state index in [9.17, 15) is 14.4 Å². The first-order valence-electron chi connectivity index (χ1n) is 8.86. The quantitative estimate of drug-likeness (QED) is 0.485. The lowest BCUT2D eigenvalue weighted by atomic mass is 10.1. The number of carbonyl (C=O) groups is 3. The molecule has 0 spiro atoms. The number of hydrogen-bond donors (Lipinski definition) is 0. The fourth-order valence-electron chi connectivity index (χ4n) is 2.59. The van der Waals surface area contributed by atoms with Crippen LogP contribution in [-0.2, 0) is 14.3 Å². The molecular weight excluding hydrogens is 388 g/mol. The average molecular weight is 410 g/mol. The number of ketones is 1. The smallest absolute Gasteiger partial charge is 0.341 e. The molecule has 0 atom stereocenters. The molecule has 7 nitrogen and oxygen atoms in total. The van der Waals surface area contributed by atoms with E-state index in [-0.39, 0.29) is 5.78 Å². The maximum Gasteiger partial charge on any atom is 0.341 e. The van der Waals surface area contributed by atoms with Crippen LogP contribution >= 0.6 is 0 Å². The molecule has 0 aliphatic carbocycles. The zero-order chi connectivity index (χ0) is 22.1. The van der Waals surface area contributed by atoms with Crippen molar-refractivity contribution >= 4 is 29.9 Å². The Hall–Kier alpha value is -3.87. The Morgan fingerprint density at radius 1 is 0.667 bits per heavy atom. The molecule has 0 saturated heterocycles. The van der Waals surface area contributed by atoms with Crippen LogP contribution in [0.15, 0.2) is 48.6 Å². The first-order valence-corrected chi connectivity index (χ1v) is 8.86. The minimum absolute atomic E-state index is 0.248. The fraction of sp³-hybridized carbons (Fsp3) is 0.174. The number of benzene rings is 2. The molecule has 2 aromatic rings. The van der Waals surface area contributed by atoms with E-state index in [1.54, 1.807) is 48.6 Å². The Morgan fingerprint density at radius 2 is 1.07 bits per heavy atom. The van der Waals surface area contributed by atoms with Crippen LogP contribution in [0.3, 0.4) is 0 Å². The highest BCUT2D eigenvalue weighted by atomic mass is 16.5. The third-order valence-corrected chi connectivity index (χ3v) is 4.14. The Bertz CT molecular complexity index is 923. The van der Waals surface area contributed by atoms with Gasteiger partial charge in [-0.1, -0.05) is 24.3 Å². The van der Waals surface area contributed by atoms with Crippen molar-refractivity contribution < 1.29 is 33.3 Å². The van der Waals surface area contributed by atoms with Crippen molar-refractivity contribution in [2.45, 2.75) is 0 Å². The maximum absolute atomic E-state index is 12.2. The second-order valence-corrected chi connectivity index (χ2v) is 5.97. The topological polar surface area (TPSA) is 88.1 Å². The molecule has 0 saturated carbocycles. The summed E-state index contributed by atoms with van der Waals surface area (Å²) in [5, 5.41) is 0. The van der Waals surface area contributed by atoms with Crippen LogP contribution in [0.25, 0.3) is 12.2 Å². The summed E-state index contributed by atoms with van der Waals surface area (Å²) in [7, 11) is 5.48. The van der Waals surface area contributed by atoms with Gasteiger partial charge in [0, 0.05) is 0 Å². The lowest BCUT2D eigenvalue weighted by molar-refractivity contribution is -0.110. The van der Waals surface area contributed by atoms with Crippen molar-refractivity contribution in [2.75, 3.05) is 28.4 Å². The van der Waals surface area contributed by atoms with Gasteiger partial charge in [0.05, 0.1) is 28.4 Å². The summed E-state index contributed by atoms with van der Waals surface area (Å²) in [6.45, 7) is 0. The van der Waals surface area contributed by atoms with E-state index >= 15 is 0 Å². The third-order valence-electron chi connectivity index (χ3n) is 4.14. The second kappa shape index (κ2) is 10.6. The van der Waals surface area contributed by atoms with E-state index < -0.39 is 11.9 Å². The van der Waals surface area contributed by atoms with Gasteiger partial charge >= 0.3 is 11.9 Å². The Morgan fingerprint density at radius 3 is 1.40 bits per heavy atom. The van der Waals surface area contributed by atoms with Crippen LogP contribution < -0.4 is 9.47 Å². The first kappa shape index (κ1) is 22.4. The molecule has 0 bridgehead atoms. The van der Waals surface area contributed by atoms with Crippen LogP contribution in [0, 0.1) is 0 Å². The monoisotopic (exact) mass is 410 g/mol. The molecule has 0 amide bonds. The van der Waals surface area contributed by atoms with Crippen molar-refractivity contribution in [3.63, 3.8) is 0 Å². The van der Waals surface area contributed by atoms with Gasteiger partial charge in [-0.3, -0.25) is 4.79 Å². The zero-order valence-corrected chi connectivity index (χ0v) is 17.1. The molecule has 0 unspecified atom stereocenters. The van der Waals surface area contributed by atoms with E-state index in [4.69, 9.17) is 18.9 Å². The third kappa shape index (κ3) is 5.57. The number of carbonyl (C=O) groups excluding carboxylic acids is 3. The van der Waals surface area contributed by atoms with Crippen molar-refractivity contribution in [1.82, 2.24) is 0 Å². The van der Waals surface area contributed by atoms with Crippen molar-refractivity contribution in [3.8, 4) is 11.5 Å². The van der Waals surface area contributed by atoms with E-state index in [1.807, 2.05) is 0 Å². The van der Waals surface area contributed by atoms with E-state index in [0.717, 1.165) is 0 Å². The number of allylic oxidation sites excluding steroid dienone is 2. The van der Waals surface area contributed by atoms with Crippen LogP contribution in [0.5, 0.6) is 11.5 Å². The summed E-state index contributed by atoms with van der Waals surface area (Å²) in [5.41, 5.74) is 1.97. The van der Waals surface area contributed by atoms with Crippen LogP contribution in [-0.4, -0.2) is 46.2 Å². The Kier molecular flexibility index (Phi) is 7.93. The lowest BCUT2D eigenvalue weighted by Crippen LogP contribution is -2.04. The summed E-state index contributed by atoms with van der Waals surface area (Å²) < 4.78 is 19.8. The number of esters is 2. The van der Waals surface area contributed by atoms with Crippen LogP contribution in [0.4, 0.5) is 0 Å². The van der Waals surface area contributed by atoms with Gasteiger partial charge in [0.2, 0.25) is 0 Å². The number of hydrogen-bond acceptors (Lipinski definition) is 7. The summed E-state index contributed by atoms with van der Waals surface area (Å²) in [6, 6.07) is 9.77. The van der Waals surface area contributed by atoms with Crippen LogP contribution in [0.1, 0.15) is 31.8 Å².